The number of hydrogen-bond acceptors (Lipinski definition) is 4. The maximum Gasteiger partial charge on any atom is 0.171 e. The highest BCUT2D eigenvalue weighted by Crippen LogP contribution is 2.36. The van der Waals surface area contributed by atoms with E-state index in [1.54, 1.807) is 0 Å². The van der Waals surface area contributed by atoms with Crippen LogP contribution in [0.1, 0.15) is 24.5 Å². The van der Waals surface area contributed by atoms with Crippen LogP contribution in [0.3, 0.4) is 0 Å². The highest BCUT2D eigenvalue weighted by atomic mass is 17.2. The zero-order valence-corrected chi connectivity index (χ0v) is 9.19. The van der Waals surface area contributed by atoms with E-state index in [0.717, 1.165) is 29.9 Å². The fourth-order valence-electron chi connectivity index (χ4n) is 2.03. The lowest BCUT2D eigenvalue weighted by Gasteiger charge is -2.34. The first kappa shape index (κ1) is 10.1. The Balaban J connectivity index is 1.93. The third kappa shape index (κ3) is 1.59. The van der Waals surface area contributed by atoms with E-state index in [9.17, 15) is 0 Å². The van der Waals surface area contributed by atoms with Gasteiger partial charge < -0.3 is 14.4 Å². The fraction of sp³-hybridized carbons (Fsp3) is 0.500. The largest absolute Gasteiger partial charge is 0.355 e. The van der Waals surface area contributed by atoms with Crippen LogP contribution in [-0.2, 0) is 26.6 Å². The molecule has 16 heavy (non-hydrogen) atoms. The molecular formula is C12H14O4. The van der Waals surface area contributed by atoms with Crippen LogP contribution in [0, 0.1) is 0 Å². The molecule has 1 aromatic rings. The Bertz CT molecular complexity index is 396. The van der Waals surface area contributed by atoms with Gasteiger partial charge in [-0.25, -0.2) is 0 Å². The number of hydrogen-bond donors (Lipinski definition) is 0. The van der Waals surface area contributed by atoms with Crippen LogP contribution in [0.25, 0.3) is 0 Å². The minimum Gasteiger partial charge on any atom is -0.355 e. The predicted molar refractivity (Wildman–Crippen MR) is 55.7 cm³/mol. The summed E-state index contributed by atoms with van der Waals surface area (Å²) in [6.07, 6.45) is 0.854. The van der Waals surface area contributed by atoms with Crippen molar-refractivity contribution in [2.75, 3.05) is 13.4 Å². The second kappa shape index (κ2) is 3.73. The Morgan fingerprint density at radius 1 is 1.31 bits per heavy atom. The van der Waals surface area contributed by atoms with Crippen LogP contribution in [0.2, 0.25) is 0 Å². The van der Waals surface area contributed by atoms with Crippen molar-refractivity contribution in [2.24, 2.45) is 0 Å². The summed E-state index contributed by atoms with van der Waals surface area (Å²) >= 11 is 0. The average molecular weight is 222 g/mol. The Hall–Kier alpha value is -1.10. The van der Waals surface area contributed by atoms with E-state index in [1.165, 1.54) is 0 Å². The van der Waals surface area contributed by atoms with E-state index in [2.05, 4.69) is 13.0 Å². The maximum atomic E-state index is 5.69. The summed E-state index contributed by atoms with van der Waals surface area (Å²) in [6, 6.07) is 6.09. The lowest BCUT2D eigenvalue weighted by molar-refractivity contribution is -0.196. The van der Waals surface area contributed by atoms with Gasteiger partial charge in [0, 0.05) is 12.0 Å². The molecule has 0 N–H and O–H groups in total. The Morgan fingerprint density at radius 2 is 2.25 bits per heavy atom. The van der Waals surface area contributed by atoms with Crippen molar-refractivity contribution < 1.29 is 19.2 Å². The van der Waals surface area contributed by atoms with Crippen molar-refractivity contribution in [1.29, 1.82) is 0 Å². The van der Waals surface area contributed by atoms with Gasteiger partial charge in [0.05, 0.1) is 12.2 Å². The van der Waals surface area contributed by atoms with Crippen molar-refractivity contribution >= 4 is 0 Å². The average Bonchev–Trinajstić information content (AvgIpc) is 2.77. The molecule has 0 spiro atoms. The van der Waals surface area contributed by atoms with Gasteiger partial charge in [-0.2, -0.15) is 4.89 Å². The normalized spacial score (nSPS) is 28.6. The van der Waals surface area contributed by atoms with Crippen molar-refractivity contribution in [3.63, 3.8) is 0 Å². The van der Waals surface area contributed by atoms with E-state index < -0.39 is 0 Å². The van der Waals surface area contributed by atoms with Crippen molar-refractivity contribution in [3.05, 3.63) is 29.3 Å². The van der Waals surface area contributed by atoms with E-state index in [0.29, 0.717) is 13.4 Å². The highest BCUT2D eigenvalue weighted by Gasteiger charge is 2.31. The molecule has 0 saturated carbocycles. The monoisotopic (exact) mass is 222 g/mol. The van der Waals surface area contributed by atoms with E-state index >= 15 is 0 Å². The minimum absolute atomic E-state index is 0.279. The first-order chi connectivity index (χ1) is 7.78. The smallest absolute Gasteiger partial charge is 0.171 e. The lowest BCUT2D eigenvalue weighted by atomic mass is 9.91. The maximum absolute atomic E-state index is 5.69. The molecule has 2 aliphatic rings. The van der Waals surface area contributed by atoms with Crippen molar-refractivity contribution in [1.82, 2.24) is 0 Å². The summed E-state index contributed by atoms with van der Waals surface area (Å²) < 4.78 is 10.9. The van der Waals surface area contributed by atoms with E-state index in [-0.39, 0.29) is 5.60 Å². The fourth-order valence-corrected chi connectivity index (χ4v) is 2.03. The molecule has 3 rings (SSSR count). The van der Waals surface area contributed by atoms with Gasteiger partial charge in [-0.15, -0.1) is 0 Å². The SMILES string of the molecule is CC1(c2ccc3c(c2)OOC3)CCOCO1. The first-order valence-corrected chi connectivity index (χ1v) is 5.42. The quantitative estimate of drug-likeness (QED) is 0.682. The second-order valence-corrected chi connectivity index (χ2v) is 4.32. The standard InChI is InChI=1S/C12H14O4/c1-12(4-5-13-8-14-12)10-3-2-9-7-15-16-11(9)6-10/h2-3,6H,4-5,7-8H2,1H3. The molecule has 4 heteroatoms. The summed E-state index contributed by atoms with van der Waals surface area (Å²) in [5, 5.41) is 0. The van der Waals surface area contributed by atoms with Gasteiger partial charge in [-0.1, -0.05) is 12.1 Å². The molecule has 2 heterocycles. The van der Waals surface area contributed by atoms with Gasteiger partial charge in [0.2, 0.25) is 0 Å². The molecule has 0 radical (unpaired) electrons. The number of rotatable bonds is 1. The molecule has 86 valence electrons. The van der Waals surface area contributed by atoms with Gasteiger partial charge in [0.1, 0.15) is 13.4 Å². The molecule has 1 aromatic carbocycles. The molecule has 1 fully saturated rings. The molecule has 1 unspecified atom stereocenters. The summed E-state index contributed by atoms with van der Waals surface area (Å²) in [5.41, 5.74) is 1.92. The van der Waals surface area contributed by atoms with Crippen LogP contribution in [0.5, 0.6) is 5.75 Å². The third-order valence-corrected chi connectivity index (χ3v) is 3.23. The first-order valence-electron chi connectivity index (χ1n) is 5.42. The molecule has 1 saturated heterocycles. The lowest BCUT2D eigenvalue weighted by Crippen LogP contribution is -2.33. The molecule has 1 atom stereocenters. The number of fused-ring (bicyclic) bond motifs is 1. The van der Waals surface area contributed by atoms with E-state index in [1.807, 2.05) is 12.1 Å². The summed E-state index contributed by atoms with van der Waals surface area (Å²) in [4.78, 5) is 10.0. The topological polar surface area (TPSA) is 36.9 Å². The van der Waals surface area contributed by atoms with Crippen LogP contribution in [0.15, 0.2) is 18.2 Å². The highest BCUT2D eigenvalue weighted by molar-refractivity contribution is 5.40. The molecule has 0 amide bonds. The van der Waals surface area contributed by atoms with E-state index in [4.69, 9.17) is 19.2 Å². The Kier molecular flexibility index (Phi) is 2.35. The summed E-state index contributed by atoms with van der Waals surface area (Å²) in [7, 11) is 0. The summed E-state index contributed by atoms with van der Waals surface area (Å²) in [6.45, 7) is 3.68. The van der Waals surface area contributed by atoms with Crippen molar-refractivity contribution in [2.45, 2.75) is 25.6 Å². The van der Waals surface area contributed by atoms with Crippen molar-refractivity contribution in [3.8, 4) is 5.75 Å². The third-order valence-electron chi connectivity index (χ3n) is 3.23. The minimum atomic E-state index is -0.279. The van der Waals surface area contributed by atoms with Gasteiger partial charge in [-0.3, -0.25) is 0 Å². The van der Waals surface area contributed by atoms with Gasteiger partial charge >= 0.3 is 0 Å². The molecule has 4 nitrogen and oxygen atoms in total. The van der Waals surface area contributed by atoms with Crippen LogP contribution in [-0.4, -0.2) is 13.4 Å². The van der Waals surface area contributed by atoms with Gasteiger partial charge in [-0.05, 0) is 18.6 Å². The predicted octanol–water partition coefficient (Wildman–Crippen LogP) is 2.12. The van der Waals surface area contributed by atoms with Crippen LogP contribution >= 0.6 is 0 Å². The molecule has 0 aliphatic carbocycles. The molecule has 0 bridgehead atoms. The molecular weight excluding hydrogens is 208 g/mol. The number of ether oxygens (including phenoxy) is 2. The zero-order valence-electron chi connectivity index (χ0n) is 9.19. The van der Waals surface area contributed by atoms with Crippen LogP contribution < -0.4 is 4.89 Å². The van der Waals surface area contributed by atoms with Gasteiger partial charge in [0.15, 0.2) is 5.75 Å². The number of benzene rings is 1. The molecule has 0 aromatic heterocycles. The molecule has 2 aliphatic heterocycles. The zero-order chi connectivity index (χ0) is 11.0. The summed E-state index contributed by atoms with van der Waals surface area (Å²) in [5.74, 6) is 0.800. The Morgan fingerprint density at radius 3 is 3.06 bits per heavy atom. The van der Waals surface area contributed by atoms with Crippen LogP contribution in [0.4, 0.5) is 0 Å². The van der Waals surface area contributed by atoms with Gasteiger partial charge in [0.25, 0.3) is 0 Å². The Labute approximate surface area is 94.0 Å². The second-order valence-electron chi connectivity index (χ2n) is 4.32.